The van der Waals surface area contributed by atoms with E-state index in [1.54, 1.807) is 24.5 Å². The van der Waals surface area contributed by atoms with Crippen LogP contribution in [0.25, 0.3) is 0 Å². The Bertz CT molecular complexity index is 819. The van der Waals surface area contributed by atoms with E-state index in [0.717, 1.165) is 29.7 Å². The van der Waals surface area contributed by atoms with Gasteiger partial charge in [-0.05, 0) is 42.7 Å². The van der Waals surface area contributed by atoms with Crippen LogP contribution in [0.3, 0.4) is 0 Å². The van der Waals surface area contributed by atoms with Crippen LogP contribution in [0.15, 0.2) is 79.1 Å². The van der Waals surface area contributed by atoms with Gasteiger partial charge in [-0.2, -0.15) is 0 Å². The SMILES string of the molecule is O=C(OCCCc1ccccc1OCc1cccnc1)c1ccccc1. The van der Waals surface area contributed by atoms with E-state index in [4.69, 9.17) is 9.47 Å². The minimum Gasteiger partial charge on any atom is -0.489 e. The normalized spacial score (nSPS) is 10.3. The lowest BCUT2D eigenvalue weighted by Crippen LogP contribution is -2.07. The standard InChI is InChI=1S/C22H21NO3/c24-22(20-10-2-1-3-11-20)25-15-7-12-19-9-4-5-13-21(19)26-17-18-8-6-14-23-16-18/h1-6,8-11,13-14,16H,7,12,15,17H2. The lowest BCUT2D eigenvalue weighted by Gasteiger charge is -2.11. The number of carbonyl (C=O) groups is 1. The molecule has 1 aromatic heterocycles. The summed E-state index contributed by atoms with van der Waals surface area (Å²) in [5, 5.41) is 0. The van der Waals surface area contributed by atoms with E-state index in [1.807, 2.05) is 54.6 Å². The van der Waals surface area contributed by atoms with Crippen molar-refractivity contribution < 1.29 is 14.3 Å². The summed E-state index contributed by atoms with van der Waals surface area (Å²) in [4.78, 5) is 16.0. The van der Waals surface area contributed by atoms with Crippen LogP contribution < -0.4 is 4.74 Å². The predicted molar refractivity (Wildman–Crippen MR) is 100 cm³/mol. The maximum Gasteiger partial charge on any atom is 0.338 e. The van der Waals surface area contributed by atoms with E-state index in [-0.39, 0.29) is 5.97 Å². The number of aryl methyl sites for hydroxylation is 1. The van der Waals surface area contributed by atoms with Gasteiger partial charge in [-0.3, -0.25) is 4.98 Å². The number of pyridine rings is 1. The third-order valence-corrected chi connectivity index (χ3v) is 3.92. The molecule has 4 nitrogen and oxygen atoms in total. The number of ether oxygens (including phenoxy) is 2. The molecule has 0 spiro atoms. The molecule has 26 heavy (non-hydrogen) atoms. The van der Waals surface area contributed by atoms with Crippen molar-refractivity contribution in [3.8, 4) is 5.75 Å². The van der Waals surface area contributed by atoms with Gasteiger partial charge in [0.2, 0.25) is 0 Å². The van der Waals surface area contributed by atoms with Crippen LogP contribution in [-0.2, 0) is 17.8 Å². The smallest absolute Gasteiger partial charge is 0.338 e. The van der Waals surface area contributed by atoms with Gasteiger partial charge >= 0.3 is 5.97 Å². The number of carbonyl (C=O) groups excluding carboxylic acids is 1. The Morgan fingerprint density at radius 3 is 2.54 bits per heavy atom. The Morgan fingerprint density at radius 1 is 0.923 bits per heavy atom. The highest BCUT2D eigenvalue weighted by Crippen LogP contribution is 2.21. The molecule has 0 unspecified atom stereocenters. The maximum absolute atomic E-state index is 11.9. The largest absolute Gasteiger partial charge is 0.489 e. The van der Waals surface area contributed by atoms with Gasteiger partial charge in [-0.1, -0.05) is 42.5 Å². The second-order valence-corrected chi connectivity index (χ2v) is 5.86. The molecule has 0 aliphatic carbocycles. The molecule has 3 aromatic rings. The molecule has 0 aliphatic heterocycles. The molecular formula is C22H21NO3. The molecule has 1 heterocycles. The monoisotopic (exact) mass is 347 g/mol. The zero-order valence-corrected chi connectivity index (χ0v) is 14.5. The molecule has 3 rings (SSSR count). The van der Waals surface area contributed by atoms with Crippen LogP contribution in [-0.4, -0.2) is 17.6 Å². The number of rotatable bonds is 8. The fourth-order valence-corrected chi connectivity index (χ4v) is 2.58. The van der Waals surface area contributed by atoms with Gasteiger partial charge in [-0.25, -0.2) is 4.79 Å². The highest BCUT2D eigenvalue weighted by atomic mass is 16.5. The second kappa shape index (κ2) is 9.37. The summed E-state index contributed by atoms with van der Waals surface area (Å²) in [5.74, 6) is 0.567. The number of para-hydroxylation sites is 1. The summed E-state index contributed by atoms with van der Waals surface area (Å²) >= 11 is 0. The van der Waals surface area contributed by atoms with Crippen molar-refractivity contribution in [2.75, 3.05) is 6.61 Å². The number of aromatic nitrogens is 1. The third kappa shape index (κ3) is 5.18. The molecule has 0 amide bonds. The van der Waals surface area contributed by atoms with Crippen LogP contribution in [0.2, 0.25) is 0 Å². The first kappa shape index (κ1) is 17.7. The molecule has 2 aromatic carbocycles. The van der Waals surface area contributed by atoms with E-state index < -0.39 is 0 Å². The number of benzene rings is 2. The Labute approximate surface area is 153 Å². The topological polar surface area (TPSA) is 48.4 Å². The summed E-state index contributed by atoms with van der Waals surface area (Å²) in [7, 11) is 0. The summed E-state index contributed by atoms with van der Waals surface area (Å²) < 4.78 is 11.3. The van der Waals surface area contributed by atoms with Crippen molar-refractivity contribution in [3.63, 3.8) is 0 Å². The molecular weight excluding hydrogens is 326 g/mol. The van der Waals surface area contributed by atoms with Gasteiger partial charge < -0.3 is 9.47 Å². The van der Waals surface area contributed by atoms with Crippen LogP contribution in [0.4, 0.5) is 0 Å². The first-order valence-corrected chi connectivity index (χ1v) is 8.65. The van der Waals surface area contributed by atoms with Crippen LogP contribution in [0.1, 0.15) is 27.9 Å². The van der Waals surface area contributed by atoms with Gasteiger partial charge in [0.15, 0.2) is 0 Å². The van der Waals surface area contributed by atoms with Crippen molar-refractivity contribution in [1.29, 1.82) is 0 Å². The fourth-order valence-electron chi connectivity index (χ4n) is 2.58. The molecule has 0 aliphatic rings. The first-order chi connectivity index (χ1) is 12.8. The Morgan fingerprint density at radius 2 is 1.73 bits per heavy atom. The quantitative estimate of drug-likeness (QED) is 0.446. The van der Waals surface area contributed by atoms with E-state index in [2.05, 4.69) is 4.98 Å². The second-order valence-electron chi connectivity index (χ2n) is 5.86. The van der Waals surface area contributed by atoms with Crippen molar-refractivity contribution in [1.82, 2.24) is 4.98 Å². The first-order valence-electron chi connectivity index (χ1n) is 8.65. The van der Waals surface area contributed by atoms with Crippen LogP contribution >= 0.6 is 0 Å². The van der Waals surface area contributed by atoms with E-state index >= 15 is 0 Å². The zero-order chi connectivity index (χ0) is 18.0. The Balaban J connectivity index is 1.48. The van der Waals surface area contributed by atoms with Crippen molar-refractivity contribution >= 4 is 5.97 Å². The molecule has 0 radical (unpaired) electrons. The molecule has 0 atom stereocenters. The van der Waals surface area contributed by atoms with Crippen molar-refractivity contribution in [2.45, 2.75) is 19.4 Å². The van der Waals surface area contributed by atoms with E-state index in [9.17, 15) is 4.79 Å². The molecule has 0 fully saturated rings. The molecule has 0 bridgehead atoms. The van der Waals surface area contributed by atoms with E-state index in [1.165, 1.54) is 0 Å². The Kier molecular flexibility index (Phi) is 6.37. The average Bonchev–Trinajstić information content (AvgIpc) is 2.71. The highest BCUT2D eigenvalue weighted by molar-refractivity contribution is 5.89. The molecule has 0 saturated carbocycles. The lowest BCUT2D eigenvalue weighted by atomic mass is 10.1. The van der Waals surface area contributed by atoms with E-state index in [0.29, 0.717) is 18.8 Å². The summed E-state index contributed by atoms with van der Waals surface area (Å²) in [6.45, 7) is 0.860. The Hall–Kier alpha value is -3.14. The maximum atomic E-state index is 11.9. The van der Waals surface area contributed by atoms with Gasteiger partial charge in [0.25, 0.3) is 0 Å². The fraction of sp³-hybridized carbons (Fsp3) is 0.182. The number of nitrogens with zero attached hydrogens (tertiary/aromatic N) is 1. The zero-order valence-electron chi connectivity index (χ0n) is 14.5. The summed E-state index contributed by atoms with van der Waals surface area (Å²) in [5.41, 5.74) is 2.71. The summed E-state index contributed by atoms with van der Waals surface area (Å²) in [6.07, 6.45) is 5.07. The molecule has 0 N–H and O–H groups in total. The molecule has 4 heteroatoms. The minimum atomic E-state index is -0.285. The highest BCUT2D eigenvalue weighted by Gasteiger charge is 2.07. The predicted octanol–water partition coefficient (Wildman–Crippen LogP) is 4.45. The number of hydrogen-bond acceptors (Lipinski definition) is 4. The molecule has 132 valence electrons. The van der Waals surface area contributed by atoms with Crippen LogP contribution in [0.5, 0.6) is 5.75 Å². The molecule has 0 saturated heterocycles. The van der Waals surface area contributed by atoms with Crippen molar-refractivity contribution in [2.24, 2.45) is 0 Å². The van der Waals surface area contributed by atoms with Gasteiger partial charge in [0.1, 0.15) is 12.4 Å². The minimum absolute atomic E-state index is 0.285. The third-order valence-electron chi connectivity index (χ3n) is 3.92. The van der Waals surface area contributed by atoms with Crippen molar-refractivity contribution in [3.05, 3.63) is 95.8 Å². The van der Waals surface area contributed by atoms with Gasteiger partial charge in [-0.15, -0.1) is 0 Å². The lowest BCUT2D eigenvalue weighted by molar-refractivity contribution is 0.0500. The van der Waals surface area contributed by atoms with Gasteiger partial charge in [0, 0.05) is 18.0 Å². The number of hydrogen-bond donors (Lipinski definition) is 0. The average molecular weight is 347 g/mol. The number of esters is 1. The van der Waals surface area contributed by atoms with Crippen LogP contribution in [0, 0.1) is 0 Å². The summed E-state index contributed by atoms with van der Waals surface area (Å²) in [6, 6.07) is 20.9. The van der Waals surface area contributed by atoms with Gasteiger partial charge in [0.05, 0.1) is 12.2 Å².